The number of carboxylic acids is 1. The van der Waals surface area contributed by atoms with Crippen LogP contribution in [0.2, 0.25) is 0 Å². The van der Waals surface area contributed by atoms with E-state index in [0.29, 0.717) is 0 Å². The van der Waals surface area contributed by atoms with E-state index in [2.05, 4.69) is 5.32 Å². The number of hydrogen-bond donors (Lipinski definition) is 3. The van der Waals surface area contributed by atoms with Crippen LogP contribution >= 0.6 is 0 Å². The van der Waals surface area contributed by atoms with Crippen molar-refractivity contribution in [3.63, 3.8) is 0 Å². The topological polar surface area (TPSA) is 86.6 Å². The number of aliphatic carboxylic acids is 1. The third-order valence-electron chi connectivity index (χ3n) is 2.73. The number of phenolic OH excluding ortho intramolecular Hbond substituents is 1. The van der Waals surface area contributed by atoms with Gasteiger partial charge in [0, 0.05) is 11.5 Å². The Morgan fingerprint density at radius 2 is 1.84 bits per heavy atom. The lowest BCUT2D eigenvalue weighted by atomic mass is 10.1. The van der Waals surface area contributed by atoms with Gasteiger partial charge in [0.05, 0.1) is 0 Å². The predicted molar refractivity (Wildman–Crippen MR) is 70.7 cm³/mol. The normalized spacial score (nSPS) is 14.8. The van der Waals surface area contributed by atoms with Crippen LogP contribution in [0.5, 0.6) is 5.75 Å². The van der Waals surface area contributed by atoms with Crippen molar-refractivity contribution in [2.75, 3.05) is 0 Å². The molecule has 1 atom stereocenters. The molecule has 0 aliphatic heterocycles. The SMILES string of the molecule is CC.O=C(NC(C(=O)O)c1ccccc1O)C1CC1. The number of rotatable bonds is 4. The van der Waals surface area contributed by atoms with Crippen LogP contribution in [0.4, 0.5) is 0 Å². The lowest BCUT2D eigenvalue weighted by Crippen LogP contribution is -2.34. The molecule has 0 aromatic heterocycles. The fraction of sp³-hybridized carbons (Fsp3) is 0.429. The van der Waals surface area contributed by atoms with Gasteiger partial charge in [-0.2, -0.15) is 0 Å². The van der Waals surface area contributed by atoms with Crippen molar-refractivity contribution < 1.29 is 19.8 Å². The number of aromatic hydroxyl groups is 1. The molecule has 1 aromatic rings. The van der Waals surface area contributed by atoms with Gasteiger partial charge in [-0.3, -0.25) is 4.79 Å². The minimum atomic E-state index is -1.19. The van der Waals surface area contributed by atoms with E-state index >= 15 is 0 Å². The van der Waals surface area contributed by atoms with Gasteiger partial charge in [0.15, 0.2) is 6.04 Å². The maximum atomic E-state index is 11.5. The predicted octanol–water partition coefficient (Wildman–Crippen LogP) is 2.07. The molecule has 0 spiro atoms. The molecule has 1 aliphatic carbocycles. The maximum Gasteiger partial charge on any atom is 0.331 e. The highest BCUT2D eigenvalue weighted by Crippen LogP contribution is 2.31. The number of nitrogens with one attached hydrogen (secondary N) is 1. The highest BCUT2D eigenvalue weighted by molar-refractivity contribution is 5.87. The lowest BCUT2D eigenvalue weighted by molar-refractivity contribution is -0.142. The average Bonchev–Trinajstić information content (AvgIpc) is 3.23. The summed E-state index contributed by atoms with van der Waals surface area (Å²) >= 11 is 0. The number of carbonyl (C=O) groups is 2. The van der Waals surface area contributed by atoms with Gasteiger partial charge in [0.25, 0.3) is 0 Å². The Kier molecular flexibility index (Phi) is 5.36. The van der Waals surface area contributed by atoms with E-state index in [1.165, 1.54) is 12.1 Å². The maximum absolute atomic E-state index is 11.5. The summed E-state index contributed by atoms with van der Waals surface area (Å²) in [6.07, 6.45) is 1.61. The molecule has 1 fully saturated rings. The molecule has 19 heavy (non-hydrogen) atoms. The van der Waals surface area contributed by atoms with E-state index in [4.69, 9.17) is 5.11 Å². The van der Waals surface area contributed by atoms with Gasteiger partial charge in [-0.1, -0.05) is 32.0 Å². The molecule has 5 heteroatoms. The molecule has 1 amide bonds. The Labute approximate surface area is 112 Å². The zero-order chi connectivity index (χ0) is 14.4. The summed E-state index contributed by atoms with van der Waals surface area (Å²) in [5, 5.41) is 21.1. The summed E-state index contributed by atoms with van der Waals surface area (Å²) in [7, 11) is 0. The number of amides is 1. The van der Waals surface area contributed by atoms with Gasteiger partial charge in [-0.15, -0.1) is 0 Å². The monoisotopic (exact) mass is 265 g/mol. The Morgan fingerprint density at radius 3 is 2.32 bits per heavy atom. The number of benzene rings is 1. The first kappa shape index (κ1) is 15.0. The second kappa shape index (κ2) is 6.78. The van der Waals surface area contributed by atoms with E-state index in [9.17, 15) is 14.7 Å². The number of carbonyl (C=O) groups excluding carboxylic acids is 1. The molecule has 3 N–H and O–H groups in total. The first-order valence-electron chi connectivity index (χ1n) is 6.40. The minimum Gasteiger partial charge on any atom is -0.508 e. The van der Waals surface area contributed by atoms with Crippen LogP contribution in [0.15, 0.2) is 24.3 Å². The van der Waals surface area contributed by atoms with Crippen molar-refractivity contribution in [2.45, 2.75) is 32.7 Å². The summed E-state index contributed by atoms with van der Waals surface area (Å²) in [5.74, 6) is -1.64. The summed E-state index contributed by atoms with van der Waals surface area (Å²) in [5.41, 5.74) is 0.203. The Balaban J connectivity index is 0.000000861. The zero-order valence-electron chi connectivity index (χ0n) is 11.1. The van der Waals surface area contributed by atoms with E-state index in [-0.39, 0.29) is 23.1 Å². The van der Waals surface area contributed by atoms with Crippen LogP contribution in [0, 0.1) is 5.92 Å². The quantitative estimate of drug-likeness (QED) is 0.777. The van der Waals surface area contributed by atoms with E-state index < -0.39 is 12.0 Å². The number of phenols is 1. The van der Waals surface area contributed by atoms with Crippen LogP contribution in [-0.4, -0.2) is 22.1 Å². The standard InChI is InChI=1S/C12H13NO4.C2H6/c14-9-4-2-1-3-8(9)10(12(16)17)13-11(15)7-5-6-7;1-2/h1-4,7,10,14H,5-6H2,(H,13,15)(H,16,17);1-2H3. The summed E-state index contributed by atoms with van der Waals surface area (Å²) in [4.78, 5) is 22.7. The fourth-order valence-corrected chi connectivity index (χ4v) is 1.61. The molecule has 5 nitrogen and oxygen atoms in total. The highest BCUT2D eigenvalue weighted by atomic mass is 16.4. The van der Waals surface area contributed by atoms with Gasteiger partial charge in [-0.05, 0) is 18.9 Å². The van der Waals surface area contributed by atoms with Gasteiger partial charge in [-0.25, -0.2) is 4.79 Å². The molecule has 2 rings (SSSR count). The molecule has 1 unspecified atom stereocenters. The molecule has 1 aromatic carbocycles. The Hall–Kier alpha value is -2.04. The molecule has 0 radical (unpaired) electrons. The molecular formula is C14H19NO4. The van der Waals surface area contributed by atoms with Crippen molar-refractivity contribution >= 4 is 11.9 Å². The van der Waals surface area contributed by atoms with Crippen molar-refractivity contribution in [3.8, 4) is 5.75 Å². The molecule has 0 heterocycles. The van der Waals surface area contributed by atoms with Crippen LogP contribution in [0.3, 0.4) is 0 Å². The lowest BCUT2D eigenvalue weighted by Gasteiger charge is -2.15. The van der Waals surface area contributed by atoms with E-state index in [1.54, 1.807) is 12.1 Å². The Morgan fingerprint density at radius 1 is 1.26 bits per heavy atom. The largest absolute Gasteiger partial charge is 0.508 e. The molecule has 104 valence electrons. The van der Waals surface area contributed by atoms with Crippen molar-refractivity contribution in [3.05, 3.63) is 29.8 Å². The molecule has 0 bridgehead atoms. The van der Waals surface area contributed by atoms with Crippen LogP contribution in [0.25, 0.3) is 0 Å². The van der Waals surface area contributed by atoms with Gasteiger partial charge < -0.3 is 15.5 Å². The first-order chi connectivity index (χ1) is 9.09. The Bertz CT molecular complexity index is 455. The van der Waals surface area contributed by atoms with Crippen molar-refractivity contribution in [2.24, 2.45) is 5.92 Å². The van der Waals surface area contributed by atoms with Crippen molar-refractivity contribution in [1.29, 1.82) is 0 Å². The smallest absolute Gasteiger partial charge is 0.331 e. The summed E-state index contributed by atoms with van der Waals surface area (Å²) < 4.78 is 0. The molecule has 1 saturated carbocycles. The summed E-state index contributed by atoms with van der Waals surface area (Å²) in [6.45, 7) is 4.00. The second-order valence-electron chi connectivity index (χ2n) is 4.11. The average molecular weight is 265 g/mol. The number of hydrogen-bond acceptors (Lipinski definition) is 3. The van der Waals surface area contributed by atoms with E-state index in [0.717, 1.165) is 12.8 Å². The first-order valence-corrected chi connectivity index (χ1v) is 6.40. The second-order valence-corrected chi connectivity index (χ2v) is 4.11. The number of para-hydroxylation sites is 1. The van der Waals surface area contributed by atoms with Crippen LogP contribution < -0.4 is 5.32 Å². The molecule has 0 saturated heterocycles. The van der Waals surface area contributed by atoms with Gasteiger partial charge >= 0.3 is 5.97 Å². The zero-order valence-corrected chi connectivity index (χ0v) is 11.1. The minimum absolute atomic E-state index is 0.0669. The fourth-order valence-electron chi connectivity index (χ4n) is 1.61. The third kappa shape index (κ3) is 3.98. The molecular weight excluding hydrogens is 246 g/mol. The number of carboxylic acid groups (broad SMARTS) is 1. The van der Waals surface area contributed by atoms with Gasteiger partial charge in [0.2, 0.25) is 5.91 Å². The van der Waals surface area contributed by atoms with Crippen molar-refractivity contribution in [1.82, 2.24) is 5.32 Å². The van der Waals surface area contributed by atoms with Gasteiger partial charge in [0.1, 0.15) is 5.75 Å². The van der Waals surface area contributed by atoms with Crippen LogP contribution in [0.1, 0.15) is 38.3 Å². The third-order valence-corrected chi connectivity index (χ3v) is 2.73. The highest BCUT2D eigenvalue weighted by Gasteiger charge is 2.33. The van der Waals surface area contributed by atoms with E-state index in [1.807, 2.05) is 13.8 Å². The molecule has 1 aliphatic rings. The summed E-state index contributed by atoms with van der Waals surface area (Å²) in [6, 6.07) is 4.91. The van der Waals surface area contributed by atoms with Crippen LogP contribution in [-0.2, 0) is 9.59 Å².